The number of carbonyl (C=O) groups is 1. The average Bonchev–Trinajstić information content (AvgIpc) is 2.34. The van der Waals surface area contributed by atoms with Gasteiger partial charge in [0, 0.05) is 12.2 Å². The highest BCUT2D eigenvalue weighted by Gasteiger charge is 2.32. The Kier molecular flexibility index (Phi) is 4.74. The molecular formula is C12H15F3N2O2. The Hall–Kier alpha value is -1.79. The highest BCUT2D eigenvalue weighted by molar-refractivity contribution is 5.90. The first-order valence-electron chi connectivity index (χ1n) is 5.62. The first-order chi connectivity index (χ1) is 8.74. The molecule has 0 aliphatic carbocycles. The summed E-state index contributed by atoms with van der Waals surface area (Å²) in [5, 5.41) is 0. The fourth-order valence-electron chi connectivity index (χ4n) is 1.54. The Balaban J connectivity index is 3.06. The van der Waals surface area contributed by atoms with Crippen molar-refractivity contribution in [2.75, 3.05) is 18.6 Å². The fraction of sp³-hybridized carbons (Fsp3) is 0.500. The van der Waals surface area contributed by atoms with Gasteiger partial charge in [-0.1, -0.05) is 0 Å². The van der Waals surface area contributed by atoms with Crippen molar-refractivity contribution >= 4 is 11.8 Å². The van der Waals surface area contributed by atoms with Gasteiger partial charge in [-0.05, 0) is 26.0 Å². The predicted molar refractivity (Wildman–Crippen MR) is 64.1 cm³/mol. The summed E-state index contributed by atoms with van der Waals surface area (Å²) in [5.41, 5.74) is 0.167. The number of esters is 1. The molecule has 0 aromatic carbocycles. The molecule has 1 rings (SSSR count). The van der Waals surface area contributed by atoms with Crippen molar-refractivity contribution in [3.05, 3.63) is 23.9 Å². The minimum atomic E-state index is -4.34. The Morgan fingerprint density at radius 3 is 2.58 bits per heavy atom. The molecule has 4 nitrogen and oxygen atoms in total. The van der Waals surface area contributed by atoms with E-state index >= 15 is 0 Å². The molecule has 1 aromatic heterocycles. The van der Waals surface area contributed by atoms with Crippen molar-refractivity contribution in [3.63, 3.8) is 0 Å². The van der Waals surface area contributed by atoms with E-state index in [1.54, 1.807) is 13.8 Å². The van der Waals surface area contributed by atoms with Crippen LogP contribution in [0.5, 0.6) is 0 Å². The Morgan fingerprint density at radius 1 is 1.47 bits per heavy atom. The summed E-state index contributed by atoms with van der Waals surface area (Å²) in [6.45, 7) is 2.12. The highest BCUT2D eigenvalue weighted by Crippen LogP contribution is 2.23. The monoisotopic (exact) mass is 276 g/mol. The number of pyridine rings is 1. The zero-order valence-electron chi connectivity index (χ0n) is 10.9. The van der Waals surface area contributed by atoms with E-state index in [1.807, 2.05) is 0 Å². The van der Waals surface area contributed by atoms with Crippen molar-refractivity contribution in [3.8, 4) is 0 Å². The molecule has 0 N–H and O–H groups in total. The van der Waals surface area contributed by atoms with E-state index in [2.05, 4.69) is 9.72 Å². The van der Waals surface area contributed by atoms with Gasteiger partial charge in [-0.2, -0.15) is 13.2 Å². The SMILES string of the molecule is COC(=O)c1ccnc(N(CC(F)(F)F)C(C)C)c1. The molecule has 1 aromatic rings. The smallest absolute Gasteiger partial charge is 0.405 e. The van der Waals surface area contributed by atoms with E-state index < -0.39 is 24.7 Å². The van der Waals surface area contributed by atoms with Crippen LogP contribution in [0.25, 0.3) is 0 Å². The van der Waals surface area contributed by atoms with Crippen LogP contribution >= 0.6 is 0 Å². The molecule has 0 bridgehead atoms. The summed E-state index contributed by atoms with van der Waals surface area (Å²) in [4.78, 5) is 16.3. The Morgan fingerprint density at radius 2 is 2.11 bits per heavy atom. The summed E-state index contributed by atoms with van der Waals surface area (Å²) < 4.78 is 42.1. The van der Waals surface area contributed by atoms with Crippen LogP contribution < -0.4 is 4.90 Å². The third-order valence-corrected chi connectivity index (χ3v) is 2.43. The minimum absolute atomic E-state index is 0.0928. The fourth-order valence-corrected chi connectivity index (χ4v) is 1.54. The standard InChI is InChI=1S/C12H15F3N2O2/c1-8(2)17(7-12(13,14)15)10-6-9(4-5-16-10)11(18)19-3/h4-6,8H,7H2,1-3H3. The maximum Gasteiger partial charge on any atom is 0.405 e. The quantitative estimate of drug-likeness (QED) is 0.793. The molecule has 19 heavy (non-hydrogen) atoms. The molecule has 0 atom stereocenters. The van der Waals surface area contributed by atoms with Crippen LogP contribution in [0.15, 0.2) is 18.3 Å². The van der Waals surface area contributed by atoms with Crippen molar-refractivity contribution in [1.82, 2.24) is 4.98 Å². The molecule has 0 aliphatic rings. The number of nitrogens with zero attached hydrogens (tertiary/aromatic N) is 2. The van der Waals surface area contributed by atoms with Crippen molar-refractivity contribution < 1.29 is 22.7 Å². The van der Waals surface area contributed by atoms with Gasteiger partial charge in [-0.3, -0.25) is 0 Å². The van der Waals surface area contributed by atoms with E-state index in [-0.39, 0.29) is 11.4 Å². The number of hydrogen-bond donors (Lipinski definition) is 0. The molecule has 7 heteroatoms. The van der Waals surface area contributed by atoms with Crippen LogP contribution in [-0.4, -0.2) is 36.8 Å². The topological polar surface area (TPSA) is 42.4 Å². The second-order valence-corrected chi connectivity index (χ2v) is 4.23. The van der Waals surface area contributed by atoms with E-state index in [4.69, 9.17) is 0 Å². The van der Waals surface area contributed by atoms with E-state index in [1.165, 1.54) is 25.4 Å². The van der Waals surface area contributed by atoms with Crippen LogP contribution in [0, 0.1) is 0 Å². The summed E-state index contributed by atoms with van der Waals surface area (Å²) in [6.07, 6.45) is -3.05. The van der Waals surface area contributed by atoms with Crippen molar-refractivity contribution in [2.45, 2.75) is 26.1 Å². The molecule has 0 aliphatic heterocycles. The number of halogens is 3. The van der Waals surface area contributed by atoms with E-state index in [9.17, 15) is 18.0 Å². The molecule has 0 amide bonds. The lowest BCUT2D eigenvalue weighted by atomic mass is 10.2. The molecule has 1 heterocycles. The zero-order chi connectivity index (χ0) is 14.6. The third kappa shape index (κ3) is 4.42. The summed E-state index contributed by atoms with van der Waals surface area (Å²) >= 11 is 0. The van der Waals surface area contributed by atoms with Gasteiger partial charge in [0.1, 0.15) is 12.4 Å². The van der Waals surface area contributed by atoms with Crippen LogP contribution in [0.3, 0.4) is 0 Å². The number of alkyl halides is 3. The summed E-state index contributed by atoms with van der Waals surface area (Å²) in [6, 6.07) is 2.28. The van der Waals surface area contributed by atoms with Crippen LogP contribution in [0.1, 0.15) is 24.2 Å². The summed E-state index contributed by atoms with van der Waals surface area (Å²) in [5.74, 6) is -0.519. The van der Waals surface area contributed by atoms with Crippen LogP contribution in [0.4, 0.5) is 19.0 Å². The Labute approximate surface area is 109 Å². The number of rotatable bonds is 4. The van der Waals surface area contributed by atoms with Gasteiger partial charge in [-0.25, -0.2) is 9.78 Å². The van der Waals surface area contributed by atoms with Crippen molar-refractivity contribution in [1.29, 1.82) is 0 Å². The van der Waals surface area contributed by atoms with Gasteiger partial charge in [0.15, 0.2) is 0 Å². The second kappa shape index (κ2) is 5.90. The second-order valence-electron chi connectivity index (χ2n) is 4.23. The first-order valence-corrected chi connectivity index (χ1v) is 5.62. The molecule has 0 fully saturated rings. The number of hydrogen-bond acceptors (Lipinski definition) is 4. The molecule has 0 spiro atoms. The lowest BCUT2D eigenvalue weighted by Crippen LogP contribution is -2.39. The molecule has 0 unspecified atom stereocenters. The average molecular weight is 276 g/mol. The van der Waals surface area contributed by atoms with Crippen LogP contribution in [0.2, 0.25) is 0 Å². The van der Waals surface area contributed by atoms with Gasteiger partial charge < -0.3 is 9.64 Å². The molecular weight excluding hydrogens is 261 g/mol. The molecule has 106 valence electrons. The number of ether oxygens (including phenoxy) is 1. The zero-order valence-corrected chi connectivity index (χ0v) is 10.9. The molecule has 0 radical (unpaired) electrons. The number of carbonyl (C=O) groups excluding carboxylic acids is 1. The summed E-state index contributed by atoms with van der Waals surface area (Å²) in [7, 11) is 1.21. The first kappa shape index (κ1) is 15.3. The maximum atomic E-state index is 12.5. The lowest BCUT2D eigenvalue weighted by Gasteiger charge is -2.28. The van der Waals surface area contributed by atoms with E-state index in [0.29, 0.717) is 0 Å². The van der Waals surface area contributed by atoms with Gasteiger partial charge in [-0.15, -0.1) is 0 Å². The van der Waals surface area contributed by atoms with Gasteiger partial charge in [0.2, 0.25) is 0 Å². The van der Waals surface area contributed by atoms with Crippen molar-refractivity contribution in [2.24, 2.45) is 0 Å². The highest BCUT2D eigenvalue weighted by atomic mass is 19.4. The van der Waals surface area contributed by atoms with Gasteiger partial charge in [0.05, 0.1) is 12.7 Å². The molecule has 0 saturated carbocycles. The molecule has 0 saturated heterocycles. The number of aromatic nitrogens is 1. The van der Waals surface area contributed by atoms with Gasteiger partial charge in [0.25, 0.3) is 0 Å². The number of anilines is 1. The Bertz CT molecular complexity index is 447. The lowest BCUT2D eigenvalue weighted by molar-refractivity contribution is -0.120. The van der Waals surface area contributed by atoms with Crippen LogP contribution in [-0.2, 0) is 4.74 Å². The maximum absolute atomic E-state index is 12.5. The minimum Gasteiger partial charge on any atom is -0.465 e. The third-order valence-electron chi connectivity index (χ3n) is 2.43. The van der Waals surface area contributed by atoms with Gasteiger partial charge >= 0.3 is 12.1 Å². The largest absolute Gasteiger partial charge is 0.465 e. The van der Waals surface area contributed by atoms with E-state index in [0.717, 1.165) is 4.90 Å². The predicted octanol–water partition coefficient (Wildman–Crippen LogP) is 2.65. The normalized spacial score (nSPS) is 11.5. The number of methoxy groups -OCH3 is 1.